The monoisotopic (exact) mass is 265 g/mol. The Hall–Kier alpha value is -1.70. The molecule has 0 heterocycles. The van der Waals surface area contributed by atoms with Crippen LogP contribution in [0.4, 0.5) is 10.5 Å². The van der Waals surface area contributed by atoms with Gasteiger partial charge in [-0.25, -0.2) is 4.79 Å². The van der Waals surface area contributed by atoms with E-state index in [0.29, 0.717) is 23.8 Å². The van der Waals surface area contributed by atoms with Gasteiger partial charge in [0.25, 0.3) is 0 Å². The average molecular weight is 266 g/mol. The first-order valence-corrected chi connectivity index (χ1v) is 6.08. The predicted octanol–water partition coefficient (Wildman–Crippen LogP) is 2.18. The van der Waals surface area contributed by atoms with E-state index in [0.717, 1.165) is 12.0 Å². The number of urea groups is 1. The second kappa shape index (κ2) is 7.59. The Morgan fingerprint density at radius 2 is 2.28 bits per heavy atom. The molecule has 1 rings (SSSR count). The van der Waals surface area contributed by atoms with Crippen molar-refractivity contribution in [2.24, 2.45) is 5.73 Å². The van der Waals surface area contributed by atoms with Crippen LogP contribution in [-0.4, -0.2) is 19.1 Å². The van der Waals surface area contributed by atoms with E-state index in [2.05, 4.69) is 22.5 Å². The molecule has 18 heavy (non-hydrogen) atoms. The smallest absolute Gasteiger partial charge is 0.319 e. The highest BCUT2D eigenvalue weighted by atomic mass is 35.5. The molecule has 0 saturated heterocycles. The molecule has 0 bridgehead atoms. The van der Waals surface area contributed by atoms with E-state index in [1.54, 1.807) is 18.2 Å². The molecule has 2 amide bonds. The maximum absolute atomic E-state index is 11.5. The second-order valence-electron chi connectivity index (χ2n) is 3.58. The first-order valence-electron chi connectivity index (χ1n) is 5.70. The zero-order chi connectivity index (χ0) is 13.4. The van der Waals surface area contributed by atoms with Gasteiger partial charge in [0, 0.05) is 12.1 Å². The number of carbonyl (C=O) groups excluding carboxylic acids is 1. The fourth-order valence-electron chi connectivity index (χ4n) is 1.26. The summed E-state index contributed by atoms with van der Waals surface area (Å²) in [5, 5.41) is 5.86. The van der Waals surface area contributed by atoms with Crippen LogP contribution in [0, 0.1) is 11.8 Å². The number of carbonyl (C=O) groups is 1. The van der Waals surface area contributed by atoms with Crippen LogP contribution < -0.4 is 16.4 Å². The Morgan fingerprint density at radius 3 is 2.94 bits per heavy atom. The van der Waals surface area contributed by atoms with Crippen LogP contribution in [0.3, 0.4) is 0 Å². The standard InChI is InChI=1S/C13H16ClN3O/c1-2-8-16-13(18)17-12-9-10(4-3-7-15)5-6-11(12)14/h5-6,9H,2,7-8,15H2,1H3,(H2,16,17,18). The number of halogens is 1. The van der Waals surface area contributed by atoms with E-state index in [-0.39, 0.29) is 6.03 Å². The summed E-state index contributed by atoms with van der Waals surface area (Å²) in [6, 6.07) is 4.91. The number of benzene rings is 1. The molecule has 0 aliphatic carbocycles. The molecule has 4 nitrogen and oxygen atoms in total. The van der Waals surface area contributed by atoms with E-state index >= 15 is 0 Å². The minimum atomic E-state index is -0.275. The van der Waals surface area contributed by atoms with Gasteiger partial charge in [0.15, 0.2) is 0 Å². The van der Waals surface area contributed by atoms with Crippen molar-refractivity contribution in [1.82, 2.24) is 5.32 Å². The normalized spacial score (nSPS) is 9.28. The van der Waals surface area contributed by atoms with Gasteiger partial charge in [-0.15, -0.1) is 0 Å². The van der Waals surface area contributed by atoms with Gasteiger partial charge in [-0.3, -0.25) is 0 Å². The Balaban J connectivity index is 2.77. The lowest BCUT2D eigenvalue weighted by atomic mass is 10.2. The number of nitrogens with one attached hydrogen (secondary N) is 2. The van der Waals surface area contributed by atoms with Crippen molar-refractivity contribution in [3.05, 3.63) is 28.8 Å². The SMILES string of the molecule is CCCNC(=O)Nc1cc(C#CCN)ccc1Cl. The quantitative estimate of drug-likeness (QED) is 0.734. The lowest BCUT2D eigenvalue weighted by Gasteiger charge is -2.08. The molecular formula is C13H16ClN3O. The lowest BCUT2D eigenvalue weighted by Crippen LogP contribution is -2.29. The number of hydrogen-bond acceptors (Lipinski definition) is 2. The summed E-state index contributed by atoms with van der Waals surface area (Å²) in [5.74, 6) is 5.63. The maximum Gasteiger partial charge on any atom is 0.319 e. The minimum absolute atomic E-state index is 0.275. The summed E-state index contributed by atoms with van der Waals surface area (Å²) in [6.07, 6.45) is 0.878. The highest BCUT2D eigenvalue weighted by Gasteiger charge is 2.05. The second-order valence-corrected chi connectivity index (χ2v) is 3.99. The fourth-order valence-corrected chi connectivity index (χ4v) is 1.42. The molecule has 0 atom stereocenters. The van der Waals surface area contributed by atoms with Gasteiger partial charge in [0.05, 0.1) is 17.3 Å². The van der Waals surface area contributed by atoms with Crippen LogP contribution in [0.1, 0.15) is 18.9 Å². The van der Waals surface area contributed by atoms with Crippen LogP contribution in [0.5, 0.6) is 0 Å². The van der Waals surface area contributed by atoms with Gasteiger partial charge in [-0.1, -0.05) is 30.4 Å². The number of hydrogen-bond donors (Lipinski definition) is 3. The summed E-state index contributed by atoms with van der Waals surface area (Å²) < 4.78 is 0. The molecule has 5 heteroatoms. The molecule has 0 aromatic heterocycles. The van der Waals surface area contributed by atoms with E-state index in [1.165, 1.54) is 0 Å². The molecule has 0 saturated carbocycles. The Labute approximate surface area is 112 Å². The van der Waals surface area contributed by atoms with Gasteiger partial charge in [0.2, 0.25) is 0 Å². The summed E-state index contributed by atoms with van der Waals surface area (Å²) in [7, 11) is 0. The third-order valence-electron chi connectivity index (χ3n) is 2.08. The predicted molar refractivity (Wildman–Crippen MR) is 74.7 cm³/mol. The first kappa shape index (κ1) is 14.4. The molecule has 1 aromatic carbocycles. The van der Waals surface area contributed by atoms with Gasteiger partial charge in [-0.05, 0) is 24.6 Å². The topological polar surface area (TPSA) is 67.2 Å². The molecule has 0 spiro atoms. The zero-order valence-electron chi connectivity index (χ0n) is 10.2. The highest BCUT2D eigenvalue weighted by molar-refractivity contribution is 6.33. The van der Waals surface area contributed by atoms with E-state index in [4.69, 9.17) is 17.3 Å². The highest BCUT2D eigenvalue weighted by Crippen LogP contribution is 2.22. The summed E-state index contributed by atoms with van der Waals surface area (Å²) in [6.45, 7) is 2.90. The van der Waals surface area contributed by atoms with Gasteiger partial charge in [0.1, 0.15) is 0 Å². The van der Waals surface area contributed by atoms with Crippen molar-refractivity contribution in [1.29, 1.82) is 0 Å². The number of anilines is 1. The van der Waals surface area contributed by atoms with Gasteiger partial charge >= 0.3 is 6.03 Å². The van der Waals surface area contributed by atoms with Crippen molar-refractivity contribution in [2.75, 3.05) is 18.4 Å². The average Bonchev–Trinajstić information content (AvgIpc) is 2.37. The molecular weight excluding hydrogens is 250 g/mol. The van der Waals surface area contributed by atoms with Crippen LogP contribution in [0.15, 0.2) is 18.2 Å². The van der Waals surface area contributed by atoms with Gasteiger partial charge < -0.3 is 16.4 Å². The molecule has 4 N–H and O–H groups in total. The van der Waals surface area contributed by atoms with E-state index in [9.17, 15) is 4.79 Å². The van der Waals surface area contributed by atoms with Crippen LogP contribution in [0.2, 0.25) is 5.02 Å². The third kappa shape index (κ3) is 4.66. The van der Waals surface area contributed by atoms with E-state index < -0.39 is 0 Å². The fraction of sp³-hybridized carbons (Fsp3) is 0.308. The molecule has 0 unspecified atom stereocenters. The number of amides is 2. The number of nitrogens with two attached hydrogens (primary N) is 1. The van der Waals surface area contributed by atoms with Crippen LogP contribution in [0.25, 0.3) is 0 Å². The molecule has 96 valence electrons. The van der Waals surface area contributed by atoms with Crippen molar-refractivity contribution >= 4 is 23.3 Å². The van der Waals surface area contributed by atoms with Crippen molar-refractivity contribution in [3.63, 3.8) is 0 Å². The van der Waals surface area contributed by atoms with E-state index in [1.807, 2.05) is 6.92 Å². The minimum Gasteiger partial charge on any atom is -0.338 e. The molecule has 1 aromatic rings. The molecule has 0 fully saturated rings. The van der Waals surface area contributed by atoms with Crippen molar-refractivity contribution in [2.45, 2.75) is 13.3 Å². The maximum atomic E-state index is 11.5. The first-order chi connectivity index (χ1) is 8.67. The summed E-state index contributed by atoms with van der Waals surface area (Å²) in [4.78, 5) is 11.5. The lowest BCUT2D eigenvalue weighted by molar-refractivity contribution is 0.252. The molecule has 0 aliphatic heterocycles. The Bertz CT molecular complexity index is 477. The largest absolute Gasteiger partial charge is 0.338 e. The third-order valence-corrected chi connectivity index (χ3v) is 2.41. The van der Waals surface area contributed by atoms with Gasteiger partial charge in [-0.2, -0.15) is 0 Å². The zero-order valence-corrected chi connectivity index (χ0v) is 11.0. The van der Waals surface area contributed by atoms with Crippen molar-refractivity contribution in [3.8, 4) is 11.8 Å². The Kier molecular flexibility index (Phi) is 6.06. The summed E-state index contributed by atoms with van der Waals surface area (Å²) in [5.41, 5.74) is 6.60. The van der Waals surface area contributed by atoms with Crippen molar-refractivity contribution < 1.29 is 4.79 Å². The Morgan fingerprint density at radius 1 is 1.50 bits per heavy atom. The van der Waals surface area contributed by atoms with Crippen LogP contribution in [-0.2, 0) is 0 Å². The summed E-state index contributed by atoms with van der Waals surface area (Å²) >= 11 is 5.99. The van der Waals surface area contributed by atoms with Crippen LogP contribution >= 0.6 is 11.6 Å². The molecule has 0 aliphatic rings. The molecule has 0 radical (unpaired) electrons. The number of rotatable bonds is 3.